The van der Waals surface area contributed by atoms with Crippen LogP contribution in [0.3, 0.4) is 0 Å². The highest BCUT2D eigenvalue weighted by Gasteiger charge is 2.22. The Hall–Kier alpha value is -4.79. The molecule has 0 atom stereocenters. The molecule has 246 valence electrons. The summed E-state index contributed by atoms with van der Waals surface area (Å²) in [6.45, 7) is 10.6. The summed E-state index contributed by atoms with van der Waals surface area (Å²) < 4.78 is 8.68. The summed E-state index contributed by atoms with van der Waals surface area (Å²) in [5.41, 5.74) is 12.6. The summed E-state index contributed by atoms with van der Waals surface area (Å²) in [6.07, 6.45) is 1.77. The molecule has 0 amide bonds. The Bertz CT molecular complexity index is 2640. The second-order valence-electron chi connectivity index (χ2n) is 13.9. The molecule has 0 bridgehead atoms. The Morgan fingerprint density at radius 3 is 2.38 bits per heavy atom. The van der Waals surface area contributed by atoms with Gasteiger partial charge in [-0.1, -0.05) is 93.1 Å². The van der Waals surface area contributed by atoms with Crippen molar-refractivity contribution < 1.29 is 9.52 Å². The highest BCUT2D eigenvalue weighted by Crippen LogP contribution is 2.45. The summed E-state index contributed by atoms with van der Waals surface area (Å²) in [5, 5.41) is 14.3. The molecule has 4 nitrogen and oxygen atoms in total. The standard InChI is InChI=1S/C44H35IN2O2S/c1-25-17-18-26(2)34(19-25)27-21-35(32-14-10-13-31-30-11-7-9-16-38(30)49-42(31)32)40-39(22-27)50-43(47-40)33-12-6-8-15-37(33)46-24-28-20-29(45)23-36(41(28)48)44(3,4)5/h6-24,48H,1-5H3/b46-24+. The van der Waals surface area contributed by atoms with E-state index in [4.69, 9.17) is 14.4 Å². The van der Waals surface area contributed by atoms with Crippen LogP contribution in [0.4, 0.5) is 5.69 Å². The van der Waals surface area contributed by atoms with Crippen molar-refractivity contribution in [3.8, 4) is 38.6 Å². The normalized spacial score (nSPS) is 12.2. The molecule has 0 saturated carbocycles. The molecule has 8 rings (SSSR count). The van der Waals surface area contributed by atoms with Gasteiger partial charge < -0.3 is 9.52 Å². The van der Waals surface area contributed by atoms with Gasteiger partial charge in [-0.15, -0.1) is 11.3 Å². The van der Waals surface area contributed by atoms with Gasteiger partial charge in [0.1, 0.15) is 21.9 Å². The van der Waals surface area contributed by atoms with E-state index >= 15 is 0 Å². The van der Waals surface area contributed by atoms with E-state index in [1.54, 1.807) is 17.6 Å². The smallest absolute Gasteiger partial charge is 0.143 e. The van der Waals surface area contributed by atoms with Gasteiger partial charge in [0.15, 0.2) is 0 Å². The van der Waals surface area contributed by atoms with E-state index in [-0.39, 0.29) is 11.2 Å². The summed E-state index contributed by atoms with van der Waals surface area (Å²) >= 11 is 3.97. The second-order valence-corrected chi connectivity index (χ2v) is 16.2. The third-order valence-corrected chi connectivity index (χ3v) is 10.9. The van der Waals surface area contributed by atoms with Crippen LogP contribution in [0.2, 0.25) is 0 Å². The lowest BCUT2D eigenvalue weighted by atomic mass is 9.85. The van der Waals surface area contributed by atoms with Crippen molar-refractivity contribution in [2.45, 2.75) is 40.0 Å². The Morgan fingerprint density at radius 1 is 0.780 bits per heavy atom. The molecule has 0 radical (unpaired) electrons. The van der Waals surface area contributed by atoms with Crippen LogP contribution in [0.1, 0.15) is 43.0 Å². The first-order chi connectivity index (χ1) is 24.0. The third-order valence-electron chi connectivity index (χ3n) is 9.28. The maximum absolute atomic E-state index is 11.2. The van der Waals surface area contributed by atoms with Gasteiger partial charge >= 0.3 is 0 Å². The summed E-state index contributed by atoms with van der Waals surface area (Å²) in [7, 11) is 0. The summed E-state index contributed by atoms with van der Waals surface area (Å²) in [6, 6.07) is 37.9. The lowest BCUT2D eigenvalue weighted by Gasteiger charge is -2.21. The van der Waals surface area contributed by atoms with Crippen LogP contribution in [-0.2, 0) is 5.41 Å². The van der Waals surface area contributed by atoms with Crippen LogP contribution in [0, 0.1) is 17.4 Å². The average molecular weight is 783 g/mol. The average Bonchev–Trinajstić information content (AvgIpc) is 3.71. The maximum Gasteiger partial charge on any atom is 0.143 e. The molecule has 8 aromatic rings. The van der Waals surface area contributed by atoms with Gasteiger partial charge in [0, 0.05) is 48.4 Å². The zero-order chi connectivity index (χ0) is 34.7. The molecule has 6 aromatic carbocycles. The predicted molar refractivity (Wildman–Crippen MR) is 219 cm³/mol. The van der Waals surface area contributed by atoms with Crippen LogP contribution in [-0.4, -0.2) is 16.3 Å². The van der Waals surface area contributed by atoms with Crippen molar-refractivity contribution in [1.29, 1.82) is 0 Å². The Labute approximate surface area is 309 Å². The minimum Gasteiger partial charge on any atom is -0.507 e. The molecule has 0 aliphatic rings. The van der Waals surface area contributed by atoms with E-state index in [9.17, 15) is 5.11 Å². The first-order valence-corrected chi connectivity index (χ1v) is 18.5. The lowest BCUT2D eigenvalue weighted by molar-refractivity contribution is 0.445. The SMILES string of the molecule is Cc1ccc(C)c(-c2cc(-c3cccc4c3oc3ccccc34)c3nc(-c4ccccc4/N=C/c4cc(I)cc(C(C)(C)C)c4O)sc3c2)c1. The largest absolute Gasteiger partial charge is 0.507 e. The van der Waals surface area contributed by atoms with Crippen LogP contribution in [0.25, 0.3) is 65.0 Å². The highest BCUT2D eigenvalue weighted by atomic mass is 127. The molecular weight excluding hydrogens is 747 g/mol. The van der Waals surface area contributed by atoms with Crippen LogP contribution >= 0.6 is 33.9 Å². The van der Waals surface area contributed by atoms with Crippen molar-refractivity contribution in [2.24, 2.45) is 4.99 Å². The number of phenols is 1. The molecule has 0 fully saturated rings. The molecule has 6 heteroatoms. The van der Waals surface area contributed by atoms with Gasteiger partial charge in [-0.3, -0.25) is 4.99 Å². The summed E-state index contributed by atoms with van der Waals surface area (Å²) in [4.78, 5) is 10.3. The number of aromatic nitrogens is 1. The zero-order valence-corrected chi connectivity index (χ0v) is 31.5. The minimum absolute atomic E-state index is 0.201. The maximum atomic E-state index is 11.2. The number of aromatic hydroxyl groups is 1. The Balaban J connectivity index is 1.32. The van der Waals surface area contributed by atoms with E-state index in [0.29, 0.717) is 5.56 Å². The van der Waals surface area contributed by atoms with Crippen molar-refractivity contribution in [3.63, 3.8) is 0 Å². The molecule has 2 aromatic heterocycles. The van der Waals surface area contributed by atoms with Crippen molar-refractivity contribution >= 4 is 78.0 Å². The van der Waals surface area contributed by atoms with Gasteiger partial charge in [0.05, 0.1) is 15.9 Å². The number of para-hydroxylation sites is 3. The van der Waals surface area contributed by atoms with Gasteiger partial charge in [-0.2, -0.15) is 0 Å². The lowest BCUT2D eigenvalue weighted by Crippen LogP contribution is -2.12. The fraction of sp³-hybridized carbons (Fsp3) is 0.136. The number of halogens is 1. The van der Waals surface area contributed by atoms with Crippen LogP contribution in [0.15, 0.2) is 119 Å². The number of fused-ring (bicyclic) bond motifs is 4. The van der Waals surface area contributed by atoms with Gasteiger partial charge in [-0.25, -0.2) is 4.98 Å². The first-order valence-electron chi connectivity index (χ1n) is 16.6. The molecule has 2 heterocycles. The Morgan fingerprint density at radius 2 is 1.54 bits per heavy atom. The zero-order valence-electron chi connectivity index (χ0n) is 28.5. The number of thiazole rings is 1. The third kappa shape index (κ3) is 5.80. The number of aliphatic imine (C=N–C) groups is 1. The molecule has 0 unspecified atom stereocenters. The predicted octanol–water partition coefficient (Wildman–Crippen LogP) is 13.2. The topological polar surface area (TPSA) is 58.6 Å². The van der Waals surface area contributed by atoms with E-state index in [1.165, 1.54) is 16.7 Å². The molecule has 0 spiro atoms. The number of benzene rings is 6. The number of nitrogens with zero attached hydrogens (tertiary/aromatic N) is 2. The van der Waals surface area contributed by atoms with Crippen LogP contribution < -0.4 is 0 Å². The van der Waals surface area contributed by atoms with E-state index in [1.807, 2.05) is 42.5 Å². The van der Waals surface area contributed by atoms with E-state index < -0.39 is 0 Å². The number of aryl methyl sites for hydroxylation is 2. The number of hydrogen-bond donors (Lipinski definition) is 1. The quantitative estimate of drug-likeness (QED) is 0.140. The second kappa shape index (κ2) is 12.5. The molecule has 0 aliphatic carbocycles. The molecule has 50 heavy (non-hydrogen) atoms. The summed E-state index contributed by atoms with van der Waals surface area (Å²) in [5.74, 6) is 0.266. The van der Waals surface area contributed by atoms with Gasteiger partial charge in [0.2, 0.25) is 0 Å². The van der Waals surface area contributed by atoms with Crippen molar-refractivity contribution in [1.82, 2.24) is 4.98 Å². The van der Waals surface area contributed by atoms with Crippen molar-refractivity contribution in [3.05, 3.63) is 135 Å². The van der Waals surface area contributed by atoms with Crippen LogP contribution in [0.5, 0.6) is 5.75 Å². The molecular formula is C44H35IN2O2S. The molecule has 0 aliphatic heterocycles. The fourth-order valence-electron chi connectivity index (χ4n) is 6.71. The minimum atomic E-state index is -0.201. The molecule has 0 saturated heterocycles. The van der Waals surface area contributed by atoms with Gasteiger partial charge in [0.25, 0.3) is 0 Å². The monoisotopic (exact) mass is 782 g/mol. The fourth-order valence-corrected chi connectivity index (χ4v) is 8.42. The number of furan rings is 1. The number of rotatable bonds is 5. The van der Waals surface area contributed by atoms with Crippen molar-refractivity contribution in [2.75, 3.05) is 0 Å². The number of hydrogen-bond acceptors (Lipinski definition) is 5. The Kier molecular flexibility index (Phi) is 8.11. The first kappa shape index (κ1) is 32.4. The molecule has 1 N–H and O–H groups in total. The van der Waals surface area contributed by atoms with E-state index in [2.05, 4.69) is 124 Å². The van der Waals surface area contributed by atoms with Gasteiger partial charge in [-0.05, 0) is 101 Å². The number of phenolic OH excluding ortho intramolecular Hbond substituents is 1. The van der Waals surface area contributed by atoms with E-state index in [0.717, 1.165) is 74.2 Å². The highest BCUT2D eigenvalue weighted by molar-refractivity contribution is 14.1.